The first kappa shape index (κ1) is 25.7. The van der Waals surface area contributed by atoms with Crippen LogP contribution < -0.4 is 5.32 Å². The van der Waals surface area contributed by atoms with Crippen molar-refractivity contribution < 1.29 is 18.4 Å². The number of tetrazole rings is 1. The van der Waals surface area contributed by atoms with E-state index in [0.29, 0.717) is 17.1 Å². The van der Waals surface area contributed by atoms with Crippen molar-refractivity contribution in [2.24, 2.45) is 0 Å². The minimum atomic E-state index is -1.08. The van der Waals surface area contributed by atoms with E-state index in [-0.39, 0.29) is 13.1 Å². The Morgan fingerprint density at radius 3 is 2.41 bits per heavy atom. The molecule has 0 spiro atoms. The van der Waals surface area contributed by atoms with Crippen LogP contribution in [-0.2, 0) is 22.7 Å². The van der Waals surface area contributed by atoms with Crippen LogP contribution in [0.5, 0.6) is 0 Å². The summed E-state index contributed by atoms with van der Waals surface area (Å²) in [6.45, 7) is 7.29. The van der Waals surface area contributed by atoms with Gasteiger partial charge in [0, 0.05) is 17.6 Å². The van der Waals surface area contributed by atoms with E-state index in [2.05, 4.69) is 20.7 Å². The molecule has 2 aromatic carbocycles. The molecule has 0 saturated heterocycles. The van der Waals surface area contributed by atoms with Gasteiger partial charge in [-0.3, -0.25) is 9.59 Å². The highest BCUT2D eigenvalue weighted by atomic mass is 19.1. The van der Waals surface area contributed by atoms with Crippen molar-refractivity contribution in [3.05, 3.63) is 89.6 Å². The van der Waals surface area contributed by atoms with Crippen LogP contribution in [0.15, 0.2) is 71.3 Å². The molecule has 0 fully saturated rings. The second kappa shape index (κ2) is 10.7. The average Bonchev–Trinajstić information content (AvgIpc) is 3.52. The number of nitrogens with one attached hydrogen (secondary N) is 1. The summed E-state index contributed by atoms with van der Waals surface area (Å²) in [5.41, 5.74) is 1.95. The summed E-state index contributed by atoms with van der Waals surface area (Å²) in [4.78, 5) is 29.7. The molecule has 192 valence electrons. The van der Waals surface area contributed by atoms with Gasteiger partial charge in [0.2, 0.25) is 11.7 Å². The van der Waals surface area contributed by atoms with Crippen molar-refractivity contribution in [3.8, 4) is 11.4 Å². The molecule has 4 aromatic rings. The molecule has 0 unspecified atom stereocenters. The molecule has 0 aliphatic carbocycles. The van der Waals surface area contributed by atoms with Crippen LogP contribution in [0, 0.1) is 12.7 Å². The fourth-order valence-corrected chi connectivity index (χ4v) is 3.76. The van der Waals surface area contributed by atoms with E-state index in [1.165, 1.54) is 28.1 Å². The molecule has 0 saturated carbocycles. The number of aromatic nitrogens is 4. The molecule has 10 heteroatoms. The number of nitrogens with zero attached hydrogens (tertiary/aromatic N) is 5. The summed E-state index contributed by atoms with van der Waals surface area (Å²) in [7, 11) is 0. The standard InChI is InChI=1S/C27H29FN6O3/c1-18-7-11-20(12-8-18)25-30-32-34(31-25)17-23(35)33(16-19-9-13-21(28)14-10-19)24(22-6-5-15-37-22)26(36)29-27(2,3)4/h5-15,24H,16-17H2,1-4H3,(H,29,36)/t24-/m1/s1. The largest absolute Gasteiger partial charge is 0.467 e. The Kier molecular flexibility index (Phi) is 7.47. The molecule has 9 nitrogen and oxygen atoms in total. The lowest BCUT2D eigenvalue weighted by Gasteiger charge is -2.32. The Balaban J connectivity index is 1.65. The summed E-state index contributed by atoms with van der Waals surface area (Å²) in [5, 5.41) is 15.4. The molecule has 1 atom stereocenters. The second-order valence-corrected chi connectivity index (χ2v) is 9.81. The maximum Gasteiger partial charge on any atom is 0.251 e. The highest BCUT2D eigenvalue weighted by Gasteiger charge is 2.35. The van der Waals surface area contributed by atoms with E-state index < -0.39 is 29.2 Å². The summed E-state index contributed by atoms with van der Waals surface area (Å²) in [5.74, 6) is -0.576. The lowest BCUT2D eigenvalue weighted by molar-refractivity contribution is -0.143. The van der Waals surface area contributed by atoms with E-state index in [1.54, 1.807) is 24.3 Å². The van der Waals surface area contributed by atoms with E-state index in [4.69, 9.17) is 4.42 Å². The number of benzene rings is 2. The minimum Gasteiger partial charge on any atom is -0.467 e. The summed E-state index contributed by atoms with van der Waals surface area (Å²) < 4.78 is 19.1. The maximum absolute atomic E-state index is 13.7. The third-order valence-corrected chi connectivity index (χ3v) is 5.50. The maximum atomic E-state index is 13.7. The van der Waals surface area contributed by atoms with Gasteiger partial charge in [0.25, 0.3) is 5.91 Å². The van der Waals surface area contributed by atoms with E-state index >= 15 is 0 Å². The van der Waals surface area contributed by atoms with Crippen molar-refractivity contribution in [1.29, 1.82) is 0 Å². The van der Waals surface area contributed by atoms with Gasteiger partial charge >= 0.3 is 0 Å². The zero-order chi connectivity index (χ0) is 26.6. The zero-order valence-corrected chi connectivity index (χ0v) is 21.2. The Morgan fingerprint density at radius 2 is 1.78 bits per heavy atom. The van der Waals surface area contributed by atoms with Crippen LogP contribution in [-0.4, -0.2) is 42.5 Å². The van der Waals surface area contributed by atoms with E-state index in [0.717, 1.165) is 11.1 Å². The van der Waals surface area contributed by atoms with Crippen LogP contribution in [0.4, 0.5) is 4.39 Å². The Morgan fingerprint density at radius 1 is 1.08 bits per heavy atom. The van der Waals surface area contributed by atoms with Crippen molar-refractivity contribution in [2.75, 3.05) is 0 Å². The lowest BCUT2D eigenvalue weighted by atomic mass is 10.1. The third kappa shape index (κ3) is 6.66. The number of carbonyl (C=O) groups excluding carboxylic acids is 2. The van der Waals surface area contributed by atoms with Crippen LogP contribution in [0.2, 0.25) is 0 Å². The SMILES string of the molecule is Cc1ccc(-c2nnn(CC(=O)N(Cc3ccc(F)cc3)[C@@H](C(=O)NC(C)(C)C)c3ccco3)n2)cc1. The number of hydrogen-bond acceptors (Lipinski definition) is 6. The van der Waals surface area contributed by atoms with Gasteiger partial charge in [-0.25, -0.2) is 4.39 Å². The van der Waals surface area contributed by atoms with Gasteiger partial charge < -0.3 is 14.6 Å². The van der Waals surface area contributed by atoms with E-state index in [1.807, 2.05) is 52.0 Å². The van der Waals surface area contributed by atoms with Gasteiger partial charge in [-0.2, -0.15) is 4.80 Å². The number of carbonyl (C=O) groups is 2. The summed E-state index contributed by atoms with van der Waals surface area (Å²) in [6.07, 6.45) is 1.44. The molecule has 37 heavy (non-hydrogen) atoms. The molecule has 1 N–H and O–H groups in total. The van der Waals surface area contributed by atoms with Crippen LogP contribution in [0.25, 0.3) is 11.4 Å². The quantitative estimate of drug-likeness (QED) is 0.388. The van der Waals surface area contributed by atoms with Gasteiger partial charge in [-0.15, -0.1) is 10.2 Å². The van der Waals surface area contributed by atoms with Gasteiger partial charge in [0.15, 0.2) is 6.04 Å². The first-order valence-electron chi connectivity index (χ1n) is 11.8. The molecule has 2 amide bonds. The molecule has 4 rings (SSSR count). The van der Waals surface area contributed by atoms with Crippen molar-refractivity contribution in [2.45, 2.75) is 52.4 Å². The molecule has 2 heterocycles. The van der Waals surface area contributed by atoms with Gasteiger partial charge in [-0.05, 0) is 62.7 Å². The van der Waals surface area contributed by atoms with Crippen molar-refractivity contribution in [3.63, 3.8) is 0 Å². The highest BCUT2D eigenvalue weighted by molar-refractivity contribution is 5.88. The molecular weight excluding hydrogens is 475 g/mol. The zero-order valence-electron chi connectivity index (χ0n) is 21.2. The van der Waals surface area contributed by atoms with Gasteiger partial charge in [-0.1, -0.05) is 42.0 Å². The number of amides is 2. The Labute approximate surface area is 214 Å². The molecule has 0 aliphatic heterocycles. The lowest BCUT2D eigenvalue weighted by Crippen LogP contribution is -2.49. The average molecular weight is 505 g/mol. The topological polar surface area (TPSA) is 106 Å². The summed E-state index contributed by atoms with van der Waals surface area (Å²) >= 11 is 0. The Bertz CT molecular complexity index is 1340. The predicted octanol–water partition coefficient (Wildman–Crippen LogP) is 4.07. The predicted molar refractivity (Wildman–Crippen MR) is 134 cm³/mol. The number of furan rings is 1. The number of halogens is 1. The van der Waals surface area contributed by atoms with Crippen molar-refractivity contribution >= 4 is 11.8 Å². The monoisotopic (exact) mass is 504 g/mol. The second-order valence-electron chi connectivity index (χ2n) is 9.81. The van der Waals surface area contributed by atoms with Gasteiger partial charge in [0.05, 0.1) is 6.26 Å². The normalized spacial score (nSPS) is 12.2. The highest BCUT2D eigenvalue weighted by Crippen LogP contribution is 2.26. The first-order valence-corrected chi connectivity index (χ1v) is 11.8. The third-order valence-electron chi connectivity index (χ3n) is 5.50. The first-order chi connectivity index (χ1) is 17.6. The fraction of sp³-hybridized carbons (Fsp3) is 0.296. The van der Waals surface area contributed by atoms with E-state index in [9.17, 15) is 14.0 Å². The molecule has 2 aromatic heterocycles. The van der Waals surface area contributed by atoms with Gasteiger partial charge in [0.1, 0.15) is 18.1 Å². The minimum absolute atomic E-state index is 0.0293. The Hall–Kier alpha value is -4.34. The molecule has 0 bridgehead atoms. The molecular formula is C27H29FN6O3. The summed E-state index contributed by atoms with van der Waals surface area (Å²) in [6, 6.07) is 15.6. The number of aryl methyl sites for hydroxylation is 1. The van der Waals surface area contributed by atoms with Crippen LogP contribution >= 0.6 is 0 Å². The smallest absolute Gasteiger partial charge is 0.251 e. The number of rotatable bonds is 8. The number of hydrogen-bond donors (Lipinski definition) is 1. The molecule has 0 radical (unpaired) electrons. The van der Waals surface area contributed by atoms with Crippen LogP contribution in [0.1, 0.15) is 43.7 Å². The van der Waals surface area contributed by atoms with Crippen LogP contribution in [0.3, 0.4) is 0 Å². The fourth-order valence-electron chi connectivity index (χ4n) is 3.76. The van der Waals surface area contributed by atoms with Crippen molar-refractivity contribution in [1.82, 2.24) is 30.4 Å². The molecule has 0 aliphatic rings.